The number of aromatic nitrogens is 1. The van der Waals surface area contributed by atoms with Gasteiger partial charge in [0.1, 0.15) is 11.5 Å². The Morgan fingerprint density at radius 1 is 1.31 bits per heavy atom. The number of benzene rings is 1. The van der Waals surface area contributed by atoms with Gasteiger partial charge in [0.25, 0.3) is 0 Å². The largest absolute Gasteiger partial charge is 0.497 e. The standard InChI is InChI=1S/C19H26F2N4O2S.HI/c1-5-15-12(2)28-17(25-15)8-9-23-19(22-3)24-11-13-10-14(26-4)6-7-16(13)27-18(20)21;/h6-7,10,18H,5,8-9,11H2,1-4H3,(H2,22,23,24);1H. The summed E-state index contributed by atoms with van der Waals surface area (Å²) in [5.74, 6) is 1.23. The van der Waals surface area contributed by atoms with Gasteiger partial charge in [0.15, 0.2) is 5.96 Å². The lowest BCUT2D eigenvalue weighted by Gasteiger charge is -2.15. The third-order valence-electron chi connectivity index (χ3n) is 4.06. The predicted molar refractivity (Wildman–Crippen MR) is 123 cm³/mol. The van der Waals surface area contributed by atoms with Gasteiger partial charge in [0.2, 0.25) is 0 Å². The van der Waals surface area contributed by atoms with E-state index in [0.29, 0.717) is 23.8 Å². The Balaban J connectivity index is 0.00000420. The number of rotatable bonds is 9. The summed E-state index contributed by atoms with van der Waals surface area (Å²) in [6, 6.07) is 4.70. The number of aryl methyl sites for hydroxylation is 2. The van der Waals surface area contributed by atoms with Gasteiger partial charge < -0.3 is 20.1 Å². The lowest BCUT2D eigenvalue weighted by Crippen LogP contribution is -2.38. The molecule has 0 radical (unpaired) electrons. The second-order valence-corrected chi connectivity index (χ2v) is 7.21. The molecule has 2 N–H and O–H groups in total. The molecule has 0 amide bonds. The van der Waals surface area contributed by atoms with E-state index in [1.54, 1.807) is 30.5 Å². The maximum absolute atomic E-state index is 12.6. The second kappa shape index (κ2) is 12.8. The topological polar surface area (TPSA) is 67.8 Å². The van der Waals surface area contributed by atoms with Crippen LogP contribution in [-0.4, -0.2) is 38.3 Å². The third-order valence-corrected chi connectivity index (χ3v) is 5.13. The van der Waals surface area contributed by atoms with E-state index in [4.69, 9.17) is 4.74 Å². The quantitative estimate of drug-likeness (QED) is 0.284. The Labute approximate surface area is 191 Å². The second-order valence-electron chi connectivity index (χ2n) is 5.92. The van der Waals surface area contributed by atoms with E-state index in [1.165, 1.54) is 18.1 Å². The normalized spacial score (nSPS) is 11.2. The minimum Gasteiger partial charge on any atom is -0.497 e. The first-order valence-corrected chi connectivity index (χ1v) is 9.79. The Morgan fingerprint density at radius 2 is 2.07 bits per heavy atom. The van der Waals surface area contributed by atoms with E-state index >= 15 is 0 Å². The Morgan fingerprint density at radius 3 is 2.66 bits per heavy atom. The minimum absolute atomic E-state index is 0. The molecule has 0 aliphatic heterocycles. The summed E-state index contributed by atoms with van der Waals surface area (Å²) >= 11 is 1.71. The molecular formula is C19H27F2IN4O2S. The highest BCUT2D eigenvalue weighted by molar-refractivity contribution is 14.0. The van der Waals surface area contributed by atoms with Crippen molar-refractivity contribution >= 4 is 41.3 Å². The summed E-state index contributed by atoms with van der Waals surface area (Å²) < 4.78 is 35.0. The molecule has 0 unspecified atom stereocenters. The molecule has 0 spiro atoms. The van der Waals surface area contributed by atoms with Crippen molar-refractivity contribution in [2.75, 3.05) is 20.7 Å². The molecule has 10 heteroatoms. The van der Waals surface area contributed by atoms with Crippen LogP contribution in [0, 0.1) is 6.92 Å². The average molecular weight is 540 g/mol. The van der Waals surface area contributed by atoms with Gasteiger partial charge in [-0.25, -0.2) is 4.98 Å². The van der Waals surface area contributed by atoms with Crippen LogP contribution >= 0.6 is 35.3 Å². The molecule has 0 saturated heterocycles. The molecule has 162 valence electrons. The molecule has 0 aliphatic carbocycles. The van der Waals surface area contributed by atoms with Gasteiger partial charge in [0.05, 0.1) is 17.8 Å². The summed E-state index contributed by atoms with van der Waals surface area (Å²) in [7, 11) is 3.17. The number of thiazole rings is 1. The molecule has 1 aromatic heterocycles. The van der Waals surface area contributed by atoms with Crippen molar-refractivity contribution < 1.29 is 18.3 Å². The van der Waals surface area contributed by atoms with Gasteiger partial charge in [-0.05, 0) is 31.5 Å². The van der Waals surface area contributed by atoms with Gasteiger partial charge >= 0.3 is 6.61 Å². The first kappa shape index (κ1) is 25.3. The van der Waals surface area contributed by atoms with Crippen LogP contribution in [0.3, 0.4) is 0 Å². The zero-order valence-corrected chi connectivity index (χ0v) is 20.1. The molecule has 6 nitrogen and oxygen atoms in total. The van der Waals surface area contributed by atoms with Crippen molar-refractivity contribution in [2.45, 2.75) is 39.8 Å². The van der Waals surface area contributed by atoms with Crippen molar-refractivity contribution in [3.05, 3.63) is 39.3 Å². The van der Waals surface area contributed by atoms with Crippen LogP contribution in [0.4, 0.5) is 8.78 Å². The van der Waals surface area contributed by atoms with E-state index in [1.807, 2.05) is 0 Å². The summed E-state index contributed by atoms with van der Waals surface area (Å²) in [6.45, 7) is 2.21. The van der Waals surface area contributed by atoms with Gasteiger partial charge in [-0.3, -0.25) is 4.99 Å². The average Bonchev–Trinajstić information content (AvgIpc) is 3.04. The lowest BCUT2D eigenvalue weighted by atomic mass is 10.2. The summed E-state index contributed by atoms with van der Waals surface area (Å²) in [6.07, 6.45) is 1.72. The van der Waals surface area contributed by atoms with Crippen LogP contribution < -0.4 is 20.1 Å². The number of nitrogens with one attached hydrogen (secondary N) is 2. The zero-order chi connectivity index (χ0) is 20.5. The molecule has 1 heterocycles. The molecular weight excluding hydrogens is 513 g/mol. The smallest absolute Gasteiger partial charge is 0.387 e. The molecule has 0 atom stereocenters. The van der Waals surface area contributed by atoms with Crippen molar-refractivity contribution in [1.29, 1.82) is 0 Å². The van der Waals surface area contributed by atoms with E-state index in [-0.39, 0.29) is 36.3 Å². The van der Waals surface area contributed by atoms with Gasteiger partial charge in [-0.15, -0.1) is 35.3 Å². The van der Waals surface area contributed by atoms with Crippen LogP contribution in [0.2, 0.25) is 0 Å². The Hall–Kier alpha value is -1.69. The zero-order valence-electron chi connectivity index (χ0n) is 16.9. The molecule has 2 aromatic rings. The predicted octanol–water partition coefficient (Wildman–Crippen LogP) is 4.15. The van der Waals surface area contributed by atoms with E-state index in [9.17, 15) is 8.78 Å². The number of aliphatic imine (C=N–C) groups is 1. The first-order chi connectivity index (χ1) is 13.5. The van der Waals surface area contributed by atoms with Gasteiger partial charge in [-0.1, -0.05) is 6.92 Å². The highest BCUT2D eigenvalue weighted by Crippen LogP contribution is 2.25. The molecule has 1 aromatic carbocycles. The van der Waals surface area contributed by atoms with E-state index in [2.05, 4.69) is 39.2 Å². The lowest BCUT2D eigenvalue weighted by molar-refractivity contribution is -0.0504. The SMILES string of the molecule is CCc1nc(CCNC(=NC)NCc2cc(OC)ccc2OC(F)F)sc1C.I. The van der Waals surface area contributed by atoms with Crippen LogP contribution in [0.25, 0.3) is 0 Å². The number of hydrogen-bond acceptors (Lipinski definition) is 5. The molecule has 2 rings (SSSR count). The summed E-state index contributed by atoms with van der Waals surface area (Å²) in [4.78, 5) is 10.0. The van der Waals surface area contributed by atoms with E-state index in [0.717, 1.165) is 23.5 Å². The fourth-order valence-corrected chi connectivity index (χ4v) is 3.66. The molecule has 29 heavy (non-hydrogen) atoms. The Kier molecular flexibility index (Phi) is 11.2. The van der Waals surface area contributed by atoms with Crippen LogP contribution in [0.15, 0.2) is 23.2 Å². The van der Waals surface area contributed by atoms with Gasteiger partial charge in [-0.2, -0.15) is 8.78 Å². The fourth-order valence-electron chi connectivity index (χ4n) is 2.64. The molecule has 0 bridgehead atoms. The highest BCUT2D eigenvalue weighted by Gasteiger charge is 2.12. The molecule has 0 fully saturated rings. The van der Waals surface area contributed by atoms with Crippen LogP contribution in [0.1, 0.15) is 28.1 Å². The monoisotopic (exact) mass is 540 g/mol. The maximum Gasteiger partial charge on any atom is 0.387 e. The first-order valence-electron chi connectivity index (χ1n) is 8.98. The summed E-state index contributed by atoms with van der Waals surface area (Å²) in [5, 5.41) is 7.40. The van der Waals surface area contributed by atoms with Crippen molar-refractivity contribution in [1.82, 2.24) is 15.6 Å². The van der Waals surface area contributed by atoms with Crippen LogP contribution in [0.5, 0.6) is 11.5 Å². The number of alkyl halides is 2. The molecule has 0 aliphatic rings. The van der Waals surface area contributed by atoms with Crippen molar-refractivity contribution in [2.24, 2.45) is 4.99 Å². The number of hydrogen-bond donors (Lipinski definition) is 2. The van der Waals surface area contributed by atoms with Crippen molar-refractivity contribution in [3.63, 3.8) is 0 Å². The minimum atomic E-state index is -2.89. The highest BCUT2D eigenvalue weighted by atomic mass is 127. The van der Waals surface area contributed by atoms with Crippen LogP contribution in [-0.2, 0) is 19.4 Å². The molecule has 0 saturated carbocycles. The van der Waals surface area contributed by atoms with E-state index < -0.39 is 6.61 Å². The third kappa shape index (κ3) is 7.92. The number of nitrogens with zero attached hydrogens (tertiary/aromatic N) is 2. The van der Waals surface area contributed by atoms with Crippen molar-refractivity contribution in [3.8, 4) is 11.5 Å². The number of ether oxygens (including phenoxy) is 2. The number of halogens is 3. The number of guanidine groups is 1. The number of methoxy groups -OCH3 is 1. The van der Waals surface area contributed by atoms with Gasteiger partial charge in [0, 0.05) is 37.0 Å². The summed E-state index contributed by atoms with van der Waals surface area (Å²) in [5.41, 5.74) is 1.69. The fraction of sp³-hybridized carbons (Fsp3) is 0.474. The maximum atomic E-state index is 12.6. The Bertz CT molecular complexity index is 803.